The third-order valence-electron chi connectivity index (χ3n) is 3.02. The van der Waals surface area contributed by atoms with E-state index >= 15 is 0 Å². The first-order chi connectivity index (χ1) is 7.90. The van der Waals surface area contributed by atoms with E-state index in [1.807, 2.05) is 13.1 Å². The van der Waals surface area contributed by atoms with Crippen molar-refractivity contribution < 1.29 is 0 Å². The molecular formula is C12H21N5. The Kier molecular flexibility index (Phi) is 2.95. The summed E-state index contributed by atoms with van der Waals surface area (Å²) in [7, 11) is 1.98. The smallest absolute Gasteiger partial charge is 0.138 e. The van der Waals surface area contributed by atoms with Gasteiger partial charge in [0.1, 0.15) is 17.5 Å². The summed E-state index contributed by atoms with van der Waals surface area (Å²) in [5.41, 5.74) is 5.77. The lowest BCUT2D eigenvalue weighted by Gasteiger charge is -2.40. The van der Waals surface area contributed by atoms with E-state index in [-0.39, 0.29) is 5.41 Å². The third kappa shape index (κ3) is 2.49. The zero-order valence-corrected chi connectivity index (χ0v) is 11.0. The lowest BCUT2D eigenvalue weighted by atomic mass is 9.95. The number of nitrogens with zero attached hydrogens (tertiary/aromatic N) is 3. The van der Waals surface area contributed by atoms with E-state index < -0.39 is 0 Å². The molecule has 0 saturated carbocycles. The minimum atomic E-state index is -0.0720. The van der Waals surface area contributed by atoms with Crippen molar-refractivity contribution in [3.05, 3.63) is 11.9 Å². The predicted octanol–water partition coefficient (Wildman–Crippen LogP) is 0.764. The van der Waals surface area contributed by atoms with Gasteiger partial charge in [0.15, 0.2) is 0 Å². The molecule has 2 rings (SSSR count). The van der Waals surface area contributed by atoms with E-state index in [1.54, 1.807) is 0 Å². The number of nitrogens with one attached hydrogen (secondary N) is 1. The van der Waals surface area contributed by atoms with Crippen LogP contribution in [0.5, 0.6) is 0 Å². The van der Waals surface area contributed by atoms with Gasteiger partial charge in [-0.25, -0.2) is 9.97 Å². The van der Waals surface area contributed by atoms with Gasteiger partial charge in [0.25, 0.3) is 0 Å². The highest BCUT2D eigenvalue weighted by atomic mass is 15.3. The normalized spacial score (nSPS) is 17.1. The zero-order valence-electron chi connectivity index (χ0n) is 11.0. The number of rotatable bonds is 2. The molecule has 1 aromatic heterocycles. The van der Waals surface area contributed by atoms with Crippen LogP contribution >= 0.6 is 0 Å². The number of hydrogen-bond donors (Lipinski definition) is 2. The van der Waals surface area contributed by atoms with Crippen molar-refractivity contribution in [1.82, 2.24) is 15.3 Å². The minimum Gasteiger partial charge on any atom is -0.384 e. The summed E-state index contributed by atoms with van der Waals surface area (Å²) >= 11 is 0. The summed E-state index contributed by atoms with van der Waals surface area (Å²) in [4.78, 5) is 11.1. The maximum Gasteiger partial charge on any atom is 0.138 e. The molecule has 1 saturated heterocycles. The molecule has 1 fully saturated rings. The van der Waals surface area contributed by atoms with Gasteiger partial charge >= 0.3 is 0 Å². The van der Waals surface area contributed by atoms with Crippen LogP contribution in [0.4, 0.5) is 11.6 Å². The molecule has 1 aliphatic heterocycles. The van der Waals surface area contributed by atoms with E-state index in [1.165, 1.54) is 0 Å². The summed E-state index contributed by atoms with van der Waals surface area (Å²) in [6, 6.07) is 2.41. The van der Waals surface area contributed by atoms with Gasteiger partial charge in [0, 0.05) is 30.6 Å². The Morgan fingerprint density at radius 1 is 1.35 bits per heavy atom. The average Bonchev–Trinajstić information content (AvgIpc) is 2.13. The van der Waals surface area contributed by atoms with Crippen LogP contribution in [0.25, 0.3) is 0 Å². The summed E-state index contributed by atoms with van der Waals surface area (Å²) < 4.78 is 0. The molecule has 0 atom stereocenters. The van der Waals surface area contributed by atoms with Crippen molar-refractivity contribution >= 4 is 11.6 Å². The minimum absolute atomic E-state index is 0.0720. The molecule has 0 aliphatic carbocycles. The molecule has 17 heavy (non-hydrogen) atoms. The molecule has 0 aromatic carbocycles. The highest BCUT2D eigenvalue weighted by Crippen LogP contribution is 2.25. The Morgan fingerprint density at radius 3 is 2.53 bits per heavy atom. The molecule has 0 amide bonds. The van der Waals surface area contributed by atoms with Crippen molar-refractivity contribution in [3.8, 4) is 0 Å². The lowest BCUT2D eigenvalue weighted by molar-refractivity contribution is 0.444. The molecule has 0 unspecified atom stereocenters. The Morgan fingerprint density at radius 2 is 2.00 bits per heavy atom. The second kappa shape index (κ2) is 4.14. The Hall–Kier alpha value is -1.36. The number of aromatic nitrogens is 2. The van der Waals surface area contributed by atoms with Crippen molar-refractivity contribution in [2.45, 2.75) is 32.2 Å². The summed E-state index contributed by atoms with van der Waals surface area (Å²) in [5.74, 6) is 2.29. The van der Waals surface area contributed by atoms with Crippen LogP contribution < -0.4 is 16.0 Å². The maximum absolute atomic E-state index is 5.85. The van der Waals surface area contributed by atoms with Crippen LogP contribution in [0.15, 0.2) is 6.07 Å². The molecule has 0 bridgehead atoms. The summed E-state index contributed by atoms with van der Waals surface area (Å²) in [6.45, 7) is 8.25. The first kappa shape index (κ1) is 12.1. The number of hydrogen-bond acceptors (Lipinski definition) is 5. The van der Waals surface area contributed by atoms with Crippen LogP contribution in [0.2, 0.25) is 0 Å². The van der Waals surface area contributed by atoms with Gasteiger partial charge in [-0.15, -0.1) is 0 Å². The molecule has 5 heteroatoms. The van der Waals surface area contributed by atoms with Crippen LogP contribution in [-0.4, -0.2) is 36.1 Å². The topological polar surface area (TPSA) is 67.1 Å². The van der Waals surface area contributed by atoms with Crippen molar-refractivity contribution in [1.29, 1.82) is 0 Å². The average molecular weight is 235 g/mol. The van der Waals surface area contributed by atoms with Crippen LogP contribution in [0.3, 0.4) is 0 Å². The molecular weight excluding hydrogens is 214 g/mol. The Balaban J connectivity index is 2.22. The van der Waals surface area contributed by atoms with E-state index in [9.17, 15) is 0 Å². The number of nitrogen functional groups attached to an aromatic ring is 1. The fourth-order valence-electron chi connectivity index (χ4n) is 1.80. The lowest BCUT2D eigenvalue weighted by Crippen LogP contribution is -2.57. The van der Waals surface area contributed by atoms with Crippen LogP contribution in [0.1, 0.15) is 26.6 Å². The molecule has 3 N–H and O–H groups in total. The number of likely N-dealkylation sites (N-methyl/N-ethyl adjacent to an activating group) is 1. The van der Waals surface area contributed by atoms with Gasteiger partial charge < -0.3 is 16.0 Å². The highest BCUT2D eigenvalue weighted by Gasteiger charge is 2.28. The van der Waals surface area contributed by atoms with Crippen molar-refractivity contribution in [2.24, 2.45) is 0 Å². The Labute approximate surface area is 102 Å². The molecule has 1 aromatic rings. The molecule has 94 valence electrons. The van der Waals surface area contributed by atoms with Crippen LogP contribution in [-0.2, 0) is 5.41 Å². The van der Waals surface area contributed by atoms with Gasteiger partial charge in [0.05, 0.1) is 0 Å². The van der Waals surface area contributed by atoms with Crippen LogP contribution in [0, 0.1) is 0 Å². The SMILES string of the molecule is CNC1CN(c2cc(N)nc(C(C)(C)C)n2)C1. The van der Waals surface area contributed by atoms with E-state index in [0.29, 0.717) is 11.9 Å². The first-order valence-corrected chi connectivity index (χ1v) is 5.97. The second-order valence-electron chi connectivity index (χ2n) is 5.62. The molecule has 5 nitrogen and oxygen atoms in total. The van der Waals surface area contributed by atoms with Gasteiger partial charge in [-0.3, -0.25) is 0 Å². The molecule has 2 heterocycles. The predicted molar refractivity (Wildman–Crippen MR) is 70.2 cm³/mol. The second-order valence-corrected chi connectivity index (χ2v) is 5.62. The van der Waals surface area contributed by atoms with E-state index in [4.69, 9.17) is 5.73 Å². The first-order valence-electron chi connectivity index (χ1n) is 5.97. The van der Waals surface area contributed by atoms with Crippen molar-refractivity contribution in [3.63, 3.8) is 0 Å². The monoisotopic (exact) mass is 235 g/mol. The number of nitrogens with two attached hydrogens (primary N) is 1. The summed E-state index contributed by atoms with van der Waals surface area (Å²) in [5, 5.41) is 3.24. The fraction of sp³-hybridized carbons (Fsp3) is 0.667. The molecule has 0 spiro atoms. The zero-order chi connectivity index (χ0) is 12.6. The Bertz CT molecular complexity index is 404. The largest absolute Gasteiger partial charge is 0.384 e. The third-order valence-corrected chi connectivity index (χ3v) is 3.02. The highest BCUT2D eigenvalue weighted by molar-refractivity contribution is 5.50. The van der Waals surface area contributed by atoms with Gasteiger partial charge in [-0.05, 0) is 7.05 Å². The maximum atomic E-state index is 5.85. The summed E-state index contributed by atoms with van der Waals surface area (Å²) in [6.07, 6.45) is 0. The standard InChI is InChI=1S/C12H21N5/c1-12(2,3)11-15-9(13)5-10(16-11)17-6-8(7-17)14-4/h5,8,14H,6-7H2,1-4H3,(H2,13,15,16). The fourth-order valence-corrected chi connectivity index (χ4v) is 1.80. The molecule has 1 aliphatic rings. The number of anilines is 2. The van der Waals surface area contributed by atoms with E-state index in [2.05, 4.69) is 41.0 Å². The van der Waals surface area contributed by atoms with E-state index in [0.717, 1.165) is 24.7 Å². The van der Waals surface area contributed by atoms with Gasteiger partial charge in [-0.1, -0.05) is 20.8 Å². The molecule has 0 radical (unpaired) electrons. The van der Waals surface area contributed by atoms with Crippen molar-refractivity contribution in [2.75, 3.05) is 30.8 Å². The van der Waals surface area contributed by atoms with Gasteiger partial charge in [-0.2, -0.15) is 0 Å². The quantitative estimate of drug-likeness (QED) is 0.792. The van der Waals surface area contributed by atoms with Gasteiger partial charge in [0.2, 0.25) is 0 Å².